The topological polar surface area (TPSA) is 94.0 Å². The summed E-state index contributed by atoms with van der Waals surface area (Å²) >= 11 is 4.71. The molecule has 1 aromatic rings. The third-order valence-corrected chi connectivity index (χ3v) is 2.45. The number of aromatic nitrogens is 1. The Morgan fingerprint density at radius 3 is 2.42 bits per heavy atom. The lowest BCUT2D eigenvalue weighted by Crippen LogP contribution is -2.34. The Morgan fingerprint density at radius 1 is 1.42 bits per heavy atom. The minimum atomic E-state index is -4.61. The molecular weight excluding hydrogens is 281 g/mol. The molecule has 1 amide bonds. The number of alkyl halides is 3. The summed E-state index contributed by atoms with van der Waals surface area (Å²) in [5, 5.41) is 2.45. The molecule has 19 heavy (non-hydrogen) atoms. The van der Waals surface area contributed by atoms with Crippen molar-refractivity contribution < 1.29 is 18.0 Å². The fourth-order valence-corrected chi connectivity index (χ4v) is 1.37. The van der Waals surface area contributed by atoms with Crippen LogP contribution in [0.25, 0.3) is 0 Å². The average molecular weight is 292 g/mol. The van der Waals surface area contributed by atoms with Gasteiger partial charge in [-0.3, -0.25) is 4.79 Å². The quantitative estimate of drug-likeness (QED) is 0.720. The number of anilines is 1. The second kappa shape index (κ2) is 5.39. The van der Waals surface area contributed by atoms with Crippen molar-refractivity contribution in [1.29, 1.82) is 0 Å². The summed E-state index contributed by atoms with van der Waals surface area (Å²) in [6.07, 6.45) is -4.61. The van der Waals surface area contributed by atoms with E-state index in [0.29, 0.717) is 0 Å². The minimum absolute atomic E-state index is 0.107. The van der Waals surface area contributed by atoms with Crippen molar-refractivity contribution in [2.45, 2.75) is 19.1 Å². The zero-order chi connectivity index (χ0) is 14.8. The van der Waals surface area contributed by atoms with Crippen molar-refractivity contribution in [1.82, 2.24) is 4.98 Å². The molecule has 5 N–H and O–H groups in total. The maximum atomic E-state index is 12.6. The number of nitrogens with two attached hydrogens (primary N) is 2. The van der Waals surface area contributed by atoms with Crippen LogP contribution in [0.1, 0.15) is 18.2 Å². The standard InChI is InChI=1S/C10H11F3N4OS/c1-4(7(14)18)16-9-5(8(15)19)2-3-6(17-9)10(11,12)13/h2-4H,1H3,(H2,14,18)(H2,15,19)(H,16,17). The number of pyridine rings is 1. The number of thiocarbonyl (C=S) groups is 1. The number of nitrogens with one attached hydrogen (secondary N) is 1. The van der Waals surface area contributed by atoms with Gasteiger partial charge in [-0.25, -0.2) is 4.98 Å². The molecular formula is C10H11F3N4OS. The van der Waals surface area contributed by atoms with Gasteiger partial charge in [0.2, 0.25) is 5.91 Å². The Bertz CT molecular complexity index is 518. The number of nitrogens with zero attached hydrogens (tertiary/aromatic N) is 1. The third-order valence-electron chi connectivity index (χ3n) is 2.23. The van der Waals surface area contributed by atoms with Crippen LogP contribution >= 0.6 is 12.2 Å². The van der Waals surface area contributed by atoms with Crippen LogP contribution in [-0.2, 0) is 11.0 Å². The molecule has 0 aromatic carbocycles. The van der Waals surface area contributed by atoms with Crippen LogP contribution in [0.2, 0.25) is 0 Å². The van der Waals surface area contributed by atoms with Crippen LogP contribution in [0.5, 0.6) is 0 Å². The molecule has 0 aliphatic rings. The van der Waals surface area contributed by atoms with Crippen molar-refractivity contribution >= 4 is 28.9 Å². The number of amides is 1. The highest BCUT2D eigenvalue weighted by molar-refractivity contribution is 7.80. The van der Waals surface area contributed by atoms with E-state index in [2.05, 4.69) is 10.3 Å². The summed E-state index contributed by atoms with van der Waals surface area (Å²) in [7, 11) is 0. The molecule has 9 heteroatoms. The van der Waals surface area contributed by atoms with E-state index in [1.165, 1.54) is 6.92 Å². The first-order valence-electron chi connectivity index (χ1n) is 5.07. The fraction of sp³-hybridized carbons (Fsp3) is 0.300. The number of primary amides is 1. The molecule has 0 radical (unpaired) electrons. The van der Waals surface area contributed by atoms with E-state index in [1.54, 1.807) is 0 Å². The van der Waals surface area contributed by atoms with Gasteiger partial charge in [0, 0.05) is 0 Å². The van der Waals surface area contributed by atoms with Gasteiger partial charge in [0.05, 0.1) is 5.56 Å². The molecule has 0 fully saturated rings. The van der Waals surface area contributed by atoms with E-state index >= 15 is 0 Å². The van der Waals surface area contributed by atoms with Crippen LogP contribution in [0.4, 0.5) is 19.0 Å². The number of hydrogen-bond donors (Lipinski definition) is 3. The third kappa shape index (κ3) is 3.78. The second-order valence-electron chi connectivity index (χ2n) is 3.72. The molecule has 5 nitrogen and oxygen atoms in total. The predicted molar refractivity (Wildman–Crippen MR) is 67.4 cm³/mol. The second-order valence-corrected chi connectivity index (χ2v) is 4.16. The highest BCUT2D eigenvalue weighted by Crippen LogP contribution is 2.29. The first-order valence-corrected chi connectivity index (χ1v) is 5.47. The van der Waals surface area contributed by atoms with Gasteiger partial charge in [-0.05, 0) is 19.1 Å². The average Bonchev–Trinajstić information content (AvgIpc) is 2.27. The number of carbonyl (C=O) groups is 1. The van der Waals surface area contributed by atoms with Crippen LogP contribution in [-0.4, -0.2) is 21.9 Å². The molecule has 1 heterocycles. The summed E-state index contributed by atoms with van der Waals surface area (Å²) < 4.78 is 37.7. The molecule has 0 aliphatic heterocycles. The first kappa shape index (κ1) is 15.2. The van der Waals surface area contributed by atoms with Crippen molar-refractivity contribution in [3.63, 3.8) is 0 Å². The SMILES string of the molecule is CC(Nc1nc(C(F)(F)F)ccc1C(N)=S)C(N)=O. The lowest BCUT2D eigenvalue weighted by atomic mass is 10.2. The van der Waals surface area contributed by atoms with Gasteiger partial charge >= 0.3 is 6.18 Å². The monoisotopic (exact) mass is 292 g/mol. The van der Waals surface area contributed by atoms with Crippen LogP contribution in [0.15, 0.2) is 12.1 Å². The summed E-state index contributed by atoms with van der Waals surface area (Å²) in [5.74, 6) is -0.971. The Morgan fingerprint density at radius 2 is 2.00 bits per heavy atom. The Labute approximate surface area is 112 Å². The van der Waals surface area contributed by atoms with Crippen LogP contribution in [0, 0.1) is 0 Å². The Hall–Kier alpha value is -1.90. The number of rotatable bonds is 4. The van der Waals surface area contributed by atoms with Crippen molar-refractivity contribution in [3.05, 3.63) is 23.4 Å². The Kier molecular flexibility index (Phi) is 4.30. The van der Waals surface area contributed by atoms with Crippen molar-refractivity contribution in [2.24, 2.45) is 11.5 Å². The Balaban J connectivity index is 3.23. The number of halogens is 3. The van der Waals surface area contributed by atoms with E-state index in [4.69, 9.17) is 23.7 Å². The van der Waals surface area contributed by atoms with E-state index in [0.717, 1.165) is 12.1 Å². The van der Waals surface area contributed by atoms with Crippen molar-refractivity contribution in [2.75, 3.05) is 5.32 Å². The normalized spacial score (nSPS) is 12.8. The van der Waals surface area contributed by atoms with E-state index < -0.39 is 23.8 Å². The molecule has 1 aromatic heterocycles. The summed E-state index contributed by atoms with van der Waals surface area (Å²) in [6, 6.07) is 0.937. The molecule has 0 saturated heterocycles. The summed E-state index contributed by atoms with van der Waals surface area (Å²) in [4.78, 5) is 14.1. The van der Waals surface area contributed by atoms with Crippen LogP contribution in [0.3, 0.4) is 0 Å². The minimum Gasteiger partial charge on any atom is -0.389 e. The smallest absolute Gasteiger partial charge is 0.389 e. The lowest BCUT2D eigenvalue weighted by Gasteiger charge is -2.16. The highest BCUT2D eigenvalue weighted by atomic mass is 32.1. The van der Waals surface area contributed by atoms with E-state index in [-0.39, 0.29) is 16.4 Å². The summed E-state index contributed by atoms with van der Waals surface area (Å²) in [5.41, 5.74) is 9.39. The van der Waals surface area contributed by atoms with Crippen molar-refractivity contribution in [3.8, 4) is 0 Å². The van der Waals surface area contributed by atoms with E-state index in [9.17, 15) is 18.0 Å². The summed E-state index contributed by atoms with van der Waals surface area (Å²) in [6.45, 7) is 1.38. The highest BCUT2D eigenvalue weighted by Gasteiger charge is 2.33. The molecule has 0 saturated carbocycles. The van der Waals surface area contributed by atoms with Gasteiger partial charge < -0.3 is 16.8 Å². The molecule has 104 valence electrons. The van der Waals surface area contributed by atoms with Gasteiger partial charge in [-0.1, -0.05) is 12.2 Å². The van der Waals surface area contributed by atoms with Gasteiger partial charge in [-0.2, -0.15) is 13.2 Å². The number of hydrogen-bond acceptors (Lipinski definition) is 4. The first-order chi connectivity index (χ1) is 8.62. The molecule has 0 spiro atoms. The fourth-order valence-electron chi connectivity index (χ4n) is 1.20. The molecule has 0 aliphatic carbocycles. The molecule has 1 atom stereocenters. The predicted octanol–water partition coefficient (Wildman–Crippen LogP) is 1.02. The zero-order valence-corrected chi connectivity index (χ0v) is 10.6. The van der Waals surface area contributed by atoms with Gasteiger partial charge in [0.15, 0.2) is 0 Å². The van der Waals surface area contributed by atoms with Gasteiger partial charge in [0.25, 0.3) is 0 Å². The van der Waals surface area contributed by atoms with Crippen LogP contribution < -0.4 is 16.8 Å². The van der Waals surface area contributed by atoms with Gasteiger partial charge in [0.1, 0.15) is 22.5 Å². The largest absolute Gasteiger partial charge is 0.433 e. The maximum Gasteiger partial charge on any atom is 0.433 e. The number of carbonyl (C=O) groups excluding carboxylic acids is 1. The molecule has 1 rings (SSSR count). The molecule has 0 bridgehead atoms. The zero-order valence-electron chi connectivity index (χ0n) is 9.78. The molecule has 1 unspecified atom stereocenters. The maximum absolute atomic E-state index is 12.6. The lowest BCUT2D eigenvalue weighted by molar-refractivity contribution is -0.141. The van der Waals surface area contributed by atoms with E-state index in [1.807, 2.05) is 0 Å². The van der Waals surface area contributed by atoms with Gasteiger partial charge in [-0.15, -0.1) is 0 Å².